The molecule has 0 amide bonds. The van der Waals surface area contributed by atoms with Crippen LogP contribution in [0.4, 0.5) is 0 Å². The van der Waals surface area contributed by atoms with E-state index in [1.165, 1.54) is 0 Å². The molecule has 0 spiro atoms. The van der Waals surface area contributed by atoms with E-state index in [0.29, 0.717) is 0 Å². The molecule has 0 aromatic heterocycles. The molecule has 0 saturated heterocycles. The van der Waals surface area contributed by atoms with Crippen molar-refractivity contribution in [2.24, 2.45) is 0 Å². The van der Waals surface area contributed by atoms with Crippen LogP contribution in [0.1, 0.15) is 30.5 Å². The van der Waals surface area contributed by atoms with Gasteiger partial charge in [-0.1, -0.05) is 91.0 Å². The van der Waals surface area contributed by atoms with Crippen molar-refractivity contribution in [2.75, 3.05) is 33.0 Å². The third-order valence-corrected chi connectivity index (χ3v) is 8.06. The van der Waals surface area contributed by atoms with Gasteiger partial charge in [0.1, 0.15) is 23.9 Å². The van der Waals surface area contributed by atoms with E-state index >= 15 is 0 Å². The fourth-order valence-corrected chi connectivity index (χ4v) is 5.57. The van der Waals surface area contributed by atoms with E-state index in [1.807, 2.05) is 91.0 Å². The van der Waals surface area contributed by atoms with Crippen molar-refractivity contribution in [3.63, 3.8) is 0 Å². The summed E-state index contributed by atoms with van der Waals surface area (Å²) < 4.78 is 47.8. The molecule has 0 aliphatic rings. The predicted octanol–water partition coefficient (Wildman–Crippen LogP) is 4.66. The third-order valence-electron chi connectivity index (χ3n) is 6.46. The maximum Gasteiger partial charge on any atom is 0.474 e. The Morgan fingerprint density at radius 1 is 0.698 bits per heavy atom. The molecule has 0 unspecified atom stereocenters. The second kappa shape index (κ2) is 18.4. The molecule has 3 rings (SSSR count). The molecule has 0 aliphatic heterocycles. The van der Waals surface area contributed by atoms with Crippen LogP contribution in [-0.2, 0) is 52.2 Å². The van der Waals surface area contributed by atoms with Gasteiger partial charge < -0.3 is 29.5 Å². The molecule has 43 heavy (non-hydrogen) atoms. The van der Waals surface area contributed by atoms with Crippen molar-refractivity contribution in [1.29, 1.82) is 0 Å². The van der Waals surface area contributed by atoms with Crippen molar-refractivity contribution >= 4 is 7.82 Å². The van der Waals surface area contributed by atoms with Crippen molar-refractivity contribution in [2.45, 2.75) is 57.6 Å². The second-order valence-corrected chi connectivity index (χ2v) is 11.5. The number of rotatable bonds is 21. The molecule has 0 radical (unpaired) electrons. The summed E-state index contributed by atoms with van der Waals surface area (Å²) in [6, 6.07) is 27.9. The summed E-state index contributed by atoms with van der Waals surface area (Å²) in [4.78, 5) is 0. The second-order valence-electron chi connectivity index (χ2n) is 9.87. The van der Waals surface area contributed by atoms with E-state index in [1.54, 1.807) is 13.8 Å². The van der Waals surface area contributed by atoms with Crippen molar-refractivity contribution in [3.8, 4) is 0 Å². The van der Waals surface area contributed by atoms with Gasteiger partial charge in [0.05, 0.1) is 52.9 Å². The third kappa shape index (κ3) is 11.5. The summed E-state index contributed by atoms with van der Waals surface area (Å²) in [7, 11) is -4.07. The molecular formula is C32H43O10P. The molecule has 0 saturated carbocycles. The minimum atomic E-state index is -4.07. The summed E-state index contributed by atoms with van der Waals surface area (Å²) in [6.45, 7) is 1.90. The number of aliphatic hydroxyl groups is 3. The maximum absolute atomic E-state index is 13.2. The minimum absolute atomic E-state index is 0.0183. The topological polar surface area (TPSA) is 133 Å². The van der Waals surface area contributed by atoms with Crippen LogP contribution < -0.4 is 0 Å². The molecule has 0 aliphatic carbocycles. The van der Waals surface area contributed by atoms with Gasteiger partial charge in [-0.3, -0.25) is 13.6 Å². The lowest BCUT2D eigenvalue weighted by Gasteiger charge is -2.41. The quantitative estimate of drug-likeness (QED) is 0.145. The first kappa shape index (κ1) is 35.0. The van der Waals surface area contributed by atoms with E-state index in [0.717, 1.165) is 16.7 Å². The lowest BCUT2D eigenvalue weighted by atomic mass is 9.90. The molecule has 3 aromatic carbocycles. The Balaban J connectivity index is 1.97. The summed E-state index contributed by atoms with van der Waals surface area (Å²) in [6.07, 6.45) is -4.07. The number of aliphatic hydroxyl groups excluding tert-OH is 2. The SMILES string of the molecule is CCOP(=O)(OCC)OC[C@@](O)(COCc1ccccc1)[C@@H](OCc1ccccc1)[C@H](OCc1ccccc1)[C@H](O)CO. The Bertz CT molecular complexity index is 1190. The standard InChI is InChI=1S/C32H43O10P/c1-3-40-43(36,41-4-2)42-25-32(35,24-37-21-26-14-8-5-9-15-26)31(39-23-28-18-12-7-13-19-28)30(29(34)20-33)38-22-27-16-10-6-11-17-27/h5-19,29-31,33-35H,3-4,20-25H2,1-2H3/t29-,30-,31+,32+/m1/s1. The highest BCUT2D eigenvalue weighted by molar-refractivity contribution is 7.48. The predicted molar refractivity (Wildman–Crippen MR) is 161 cm³/mol. The summed E-state index contributed by atoms with van der Waals surface area (Å²) in [5.41, 5.74) is 0.381. The summed E-state index contributed by atoms with van der Waals surface area (Å²) >= 11 is 0. The molecule has 11 heteroatoms. The molecule has 3 N–H and O–H groups in total. The largest absolute Gasteiger partial charge is 0.474 e. The Hall–Kier alpha value is -2.47. The maximum atomic E-state index is 13.2. The van der Waals surface area contributed by atoms with E-state index in [9.17, 15) is 19.9 Å². The first-order valence-corrected chi connectivity index (χ1v) is 15.8. The van der Waals surface area contributed by atoms with Crippen LogP contribution >= 0.6 is 7.82 Å². The van der Waals surface area contributed by atoms with Gasteiger partial charge in [0, 0.05) is 0 Å². The van der Waals surface area contributed by atoms with Crippen LogP contribution in [0.2, 0.25) is 0 Å². The van der Waals surface area contributed by atoms with E-state index in [2.05, 4.69) is 0 Å². The molecule has 0 heterocycles. The number of ether oxygens (including phenoxy) is 3. The monoisotopic (exact) mass is 618 g/mol. The van der Waals surface area contributed by atoms with Crippen LogP contribution in [0.3, 0.4) is 0 Å². The minimum Gasteiger partial charge on any atom is -0.394 e. The highest BCUT2D eigenvalue weighted by Crippen LogP contribution is 2.50. The van der Waals surface area contributed by atoms with Crippen molar-refractivity contribution < 1.29 is 47.7 Å². The Morgan fingerprint density at radius 3 is 1.63 bits per heavy atom. The number of hydrogen-bond acceptors (Lipinski definition) is 10. The van der Waals surface area contributed by atoms with Gasteiger partial charge in [-0.05, 0) is 30.5 Å². The first-order valence-electron chi connectivity index (χ1n) is 14.3. The molecular weight excluding hydrogens is 575 g/mol. The van der Waals surface area contributed by atoms with E-state index < -0.39 is 44.9 Å². The summed E-state index contributed by atoms with van der Waals surface area (Å²) in [5, 5.41) is 33.2. The van der Waals surface area contributed by atoms with Crippen LogP contribution in [0.25, 0.3) is 0 Å². The van der Waals surface area contributed by atoms with Gasteiger partial charge in [0.15, 0.2) is 0 Å². The van der Waals surface area contributed by atoms with Crippen LogP contribution in [0.15, 0.2) is 91.0 Å². The molecule has 0 bridgehead atoms. The zero-order chi connectivity index (χ0) is 31.0. The van der Waals surface area contributed by atoms with Crippen molar-refractivity contribution in [1.82, 2.24) is 0 Å². The Kier molecular flexibility index (Phi) is 15.0. The molecule has 10 nitrogen and oxygen atoms in total. The highest BCUT2D eigenvalue weighted by Gasteiger charge is 2.48. The first-order chi connectivity index (χ1) is 20.8. The van der Waals surface area contributed by atoms with Crippen molar-refractivity contribution in [3.05, 3.63) is 108 Å². The lowest BCUT2D eigenvalue weighted by Crippen LogP contribution is -2.60. The fraction of sp³-hybridized carbons (Fsp3) is 0.438. The average Bonchev–Trinajstić information content (AvgIpc) is 3.03. The Labute approximate surface area is 253 Å². The molecule has 3 aromatic rings. The lowest BCUT2D eigenvalue weighted by molar-refractivity contribution is -0.228. The number of phosphoric acid groups is 1. The average molecular weight is 619 g/mol. The Morgan fingerprint density at radius 2 is 1.16 bits per heavy atom. The number of phosphoric ester groups is 1. The highest BCUT2D eigenvalue weighted by atomic mass is 31.2. The molecule has 0 fully saturated rings. The van der Waals surface area contributed by atoms with Gasteiger partial charge in [0.2, 0.25) is 0 Å². The van der Waals surface area contributed by atoms with Gasteiger partial charge >= 0.3 is 7.82 Å². The molecule has 236 valence electrons. The molecule has 4 atom stereocenters. The fourth-order valence-electron chi connectivity index (χ4n) is 4.33. The van der Waals surface area contributed by atoms with Gasteiger partial charge in [0.25, 0.3) is 0 Å². The van der Waals surface area contributed by atoms with Crippen LogP contribution in [0.5, 0.6) is 0 Å². The summed E-state index contributed by atoms with van der Waals surface area (Å²) in [5.74, 6) is 0. The van der Waals surface area contributed by atoms with Gasteiger partial charge in [-0.25, -0.2) is 4.57 Å². The number of benzene rings is 3. The zero-order valence-electron chi connectivity index (χ0n) is 24.7. The van der Waals surface area contributed by atoms with Crippen LogP contribution in [-0.4, -0.2) is 72.3 Å². The van der Waals surface area contributed by atoms with Crippen LogP contribution in [0, 0.1) is 0 Å². The normalized spacial score (nSPS) is 15.5. The van der Waals surface area contributed by atoms with E-state index in [4.69, 9.17) is 27.8 Å². The van der Waals surface area contributed by atoms with E-state index in [-0.39, 0.29) is 39.6 Å². The van der Waals surface area contributed by atoms with Gasteiger partial charge in [-0.2, -0.15) is 0 Å². The smallest absolute Gasteiger partial charge is 0.394 e. The number of hydrogen-bond donors (Lipinski definition) is 3. The zero-order valence-corrected chi connectivity index (χ0v) is 25.6. The van der Waals surface area contributed by atoms with Gasteiger partial charge in [-0.15, -0.1) is 0 Å².